The molecule has 3 atom stereocenters. The minimum Gasteiger partial charge on any atom is -0.508 e. The van der Waals surface area contributed by atoms with Crippen molar-refractivity contribution >= 4 is 50.9 Å². The number of carbonyl (C=O) groups is 3. The van der Waals surface area contributed by atoms with Crippen molar-refractivity contribution in [3.05, 3.63) is 77.0 Å². The number of piperidine rings is 4. The first-order valence-electron chi connectivity index (χ1n) is 26.9. The molecular weight excluding hydrogens is 943 g/mol. The molecule has 3 amide bonds. The van der Waals surface area contributed by atoms with Crippen LogP contribution in [0.15, 0.2) is 48.7 Å². The number of aromatic nitrogens is 3. The second-order valence-electron chi connectivity index (χ2n) is 22.0. The largest absolute Gasteiger partial charge is 0.508 e. The number of likely N-dealkylation sites (tertiary alicyclic amines) is 2. The van der Waals surface area contributed by atoms with E-state index in [1.807, 2.05) is 12.1 Å². The lowest BCUT2D eigenvalue weighted by Gasteiger charge is -2.39. The molecule has 3 aromatic carbocycles. The molecule has 0 radical (unpaired) electrons. The number of fused-ring (bicyclic) bond motifs is 5. The van der Waals surface area contributed by atoms with Crippen LogP contribution in [0.5, 0.6) is 11.8 Å². The van der Waals surface area contributed by atoms with Crippen LogP contribution in [0.3, 0.4) is 0 Å². The number of phenols is 1. The standard InChI is InChI=1S/C57H64F2N10O5/c1-2-43-47(58)8-3-37-27-42(70)28-45(50(37)43)52-51(59)53-46(29-60-52)54(68-32-39-4-5-40(33-68)61-39)64-57(63-53)74-24-23-65-17-11-34(12-18-65)25-35-13-19-66(20-14-35)30-36-15-21-67(22-16-36)41-6-7-44-38(26-41)31-69(56(44)73)48-9-10-49(71)62-55(48)72/h1,3,6-8,26-29,34-36,39-40,48,61,70H,4-5,9-25,30-33H2,(H,62,71,72). The lowest BCUT2D eigenvalue weighted by molar-refractivity contribution is -0.136. The zero-order valence-corrected chi connectivity index (χ0v) is 41.8. The van der Waals surface area contributed by atoms with E-state index in [0.29, 0.717) is 85.3 Å². The van der Waals surface area contributed by atoms with E-state index in [2.05, 4.69) is 52.2 Å². The number of pyridine rings is 1. The minimum atomic E-state index is -0.726. The molecule has 7 aliphatic rings. The van der Waals surface area contributed by atoms with Gasteiger partial charge in [0.1, 0.15) is 41.2 Å². The molecule has 7 aliphatic heterocycles. The molecule has 0 aliphatic carbocycles. The Hall–Kier alpha value is -6.48. The summed E-state index contributed by atoms with van der Waals surface area (Å²) in [5, 5.41) is 17.9. The second-order valence-corrected chi connectivity index (χ2v) is 22.0. The molecule has 2 aromatic heterocycles. The van der Waals surface area contributed by atoms with Gasteiger partial charge in [0.25, 0.3) is 5.91 Å². The highest BCUT2D eigenvalue weighted by atomic mass is 19.1. The molecule has 386 valence electrons. The Labute approximate surface area is 430 Å². The molecule has 0 spiro atoms. The van der Waals surface area contributed by atoms with Crippen molar-refractivity contribution in [2.24, 2.45) is 17.8 Å². The van der Waals surface area contributed by atoms with Crippen LogP contribution in [0.4, 0.5) is 20.3 Å². The Kier molecular flexibility index (Phi) is 13.3. The van der Waals surface area contributed by atoms with Crippen molar-refractivity contribution in [3.8, 4) is 35.4 Å². The van der Waals surface area contributed by atoms with Gasteiger partial charge in [0, 0.05) is 92.7 Å². The van der Waals surface area contributed by atoms with Crippen molar-refractivity contribution in [1.29, 1.82) is 0 Å². The molecule has 3 unspecified atom stereocenters. The Bertz CT molecular complexity index is 3040. The molecule has 3 N–H and O–H groups in total. The summed E-state index contributed by atoms with van der Waals surface area (Å²) in [4.78, 5) is 62.9. The van der Waals surface area contributed by atoms with E-state index in [0.717, 1.165) is 88.4 Å². The number of hydrogen-bond acceptors (Lipinski definition) is 13. The molecule has 9 heterocycles. The topological polar surface area (TPSA) is 160 Å². The Morgan fingerprint density at radius 2 is 1.53 bits per heavy atom. The smallest absolute Gasteiger partial charge is 0.319 e. The lowest BCUT2D eigenvalue weighted by Crippen LogP contribution is -2.52. The molecule has 0 saturated carbocycles. The average Bonchev–Trinajstić information content (AvgIpc) is 3.92. The molecule has 17 heteroatoms. The van der Waals surface area contributed by atoms with Gasteiger partial charge in [0.15, 0.2) is 5.82 Å². The van der Waals surface area contributed by atoms with Crippen LogP contribution in [0.1, 0.15) is 92.1 Å². The number of nitrogens with zero attached hydrogens (tertiary/aromatic N) is 8. The van der Waals surface area contributed by atoms with E-state index in [4.69, 9.17) is 16.1 Å². The van der Waals surface area contributed by atoms with E-state index >= 15 is 8.78 Å². The Morgan fingerprint density at radius 3 is 2.26 bits per heavy atom. The second kappa shape index (κ2) is 20.3. The monoisotopic (exact) mass is 1010 g/mol. The third kappa shape index (κ3) is 9.60. The number of anilines is 2. The SMILES string of the molecule is C#Cc1c(F)ccc2cc(O)cc(-c3ncc4c(N5CC6CCC(C5)N6)nc(OCCN5CCC(CC6CCN(CC7CCN(c8ccc9c(c8)CN(C8CCC(=O)NC8=O)C9=O)CC7)CC6)CC5)nc4c3F)c12. The highest BCUT2D eigenvalue weighted by molar-refractivity contribution is 6.06. The normalized spacial score (nSPS) is 23.5. The van der Waals surface area contributed by atoms with E-state index in [-0.39, 0.29) is 63.6 Å². The number of ether oxygens (including phenoxy) is 1. The molecule has 15 nitrogen and oxygen atoms in total. The fourth-order valence-electron chi connectivity index (χ4n) is 13.3. The summed E-state index contributed by atoms with van der Waals surface area (Å²) >= 11 is 0. The van der Waals surface area contributed by atoms with Gasteiger partial charge in [-0.15, -0.1) is 6.42 Å². The number of carbonyl (C=O) groups excluding carboxylic acids is 3. The van der Waals surface area contributed by atoms with Crippen LogP contribution in [0, 0.1) is 41.7 Å². The number of nitrogens with one attached hydrogen (secondary N) is 2. The molecule has 2 bridgehead atoms. The third-order valence-corrected chi connectivity index (χ3v) is 17.3. The average molecular weight is 1010 g/mol. The molecule has 5 aromatic rings. The van der Waals surface area contributed by atoms with Crippen molar-refractivity contribution in [2.45, 2.75) is 95.3 Å². The van der Waals surface area contributed by atoms with Gasteiger partial charge in [-0.05, 0) is 155 Å². The number of imide groups is 1. The number of hydrogen-bond donors (Lipinski definition) is 3. The molecule has 74 heavy (non-hydrogen) atoms. The van der Waals surface area contributed by atoms with E-state index in [9.17, 15) is 19.5 Å². The van der Waals surface area contributed by atoms with Crippen LogP contribution in [-0.2, 0) is 16.1 Å². The number of rotatable bonds is 12. The predicted octanol–water partition coefficient (Wildman–Crippen LogP) is 6.62. The Morgan fingerprint density at radius 1 is 0.797 bits per heavy atom. The van der Waals surface area contributed by atoms with Crippen molar-refractivity contribution in [3.63, 3.8) is 0 Å². The van der Waals surface area contributed by atoms with Gasteiger partial charge in [0.05, 0.1) is 10.9 Å². The summed E-state index contributed by atoms with van der Waals surface area (Å²) in [5.74, 6) is 2.88. The van der Waals surface area contributed by atoms with Crippen LogP contribution in [0.25, 0.3) is 32.9 Å². The number of halogens is 2. The Balaban J connectivity index is 0.617. The van der Waals surface area contributed by atoms with Crippen LogP contribution >= 0.6 is 0 Å². The number of piperazine rings is 1. The summed E-state index contributed by atoms with van der Waals surface area (Å²) in [6.45, 7) is 10.4. The summed E-state index contributed by atoms with van der Waals surface area (Å²) in [6, 6.07) is 11.8. The van der Waals surface area contributed by atoms with Crippen molar-refractivity contribution < 1.29 is 33.0 Å². The number of aromatic hydroxyl groups is 1. The maximum atomic E-state index is 17.0. The minimum absolute atomic E-state index is 0.0340. The maximum absolute atomic E-state index is 17.0. The van der Waals surface area contributed by atoms with E-state index in [1.54, 1.807) is 11.1 Å². The number of terminal acetylenes is 1. The summed E-state index contributed by atoms with van der Waals surface area (Å²) in [5.41, 5.74) is 2.83. The molecule has 6 fully saturated rings. The first-order valence-corrected chi connectivity index (χ1v) is 26.9. The summed E-state index contributed by atoms with van der Waals surface area (Å²) in [7, 11) is 0. The fraction of sp³-hybridized carbons (Fsp3) is 0.509. The van der Waals surface area contributed by atoms with Gasteiger partial charge in [-0.2, -0.15) is 9.97 Å². The first-order chi connectivity index (χ1) is 36.0. The number of amides is 3. The van der Waals surface area contributed by atoms with Crippen molar-refractivity contribution in [1.82, 2.24) is 40.3 Å². The van der Waals surface area contributed by atoms with Gasteiger partial charge in [-0.25, -0.2) is 8.78 Å². The van der Waals surface area contributed by atoms with Gasteiger partial charge in [-0.3, -0.25) is 29.6 Å². The quantitative estimate of drug-likeness (QED) is 0.0906. The predicted molar refractivity (Wildman–Crippen MR) is 278 cm³/mol. The van der Waals surface area contributed by atoms with Gasteiger partial charge in [-0.1, -0.05) is 12.0 Å². The van der Waals surface area contributed by atoms with Gasteiger partial charge < -0.3 is 34.8 Å². The number of benzene rings is 3. The zero-order chi connectivity index (χ0) is 50.6. The fourth-order valence-corrected chi connectivity index (χ4v) is 13.3. The molecule has 12 rings (SSSR count). The van der Waals surface area contributed by atoms with E-state index < -0.39 is 17.7 Å². The van der Waals surface area contributed by atoms with E-state index in [1.165, 1.54) is 56.6 Å². The van der Waals surface area contributed by atoms with Gasteiger partial charge >= 0.3 is 6.01 Å². The van der Waals surface area contributed by atoms with Crippen LogP contribution < -0.4 is 25.2 Å². The summed E-state index contributed by atoms with van der Waals surface area (Å²) in [6.07, 6.45) is 18.5. The molecular formula is C57H64F2N10O5. The van der Waals surface area contributed by atoms with Crippen molar-refractivity contribution in [2.75, 3.05) is 81.9 Å². The maximum Gasteiger partial charge on any atom is 0.319 e. The summed E-state index contributed by atoms with van der Waals surface area (Å²) < 4.78 is 38.3. The lowest BCUT2D eigenvalue weighted by atomic mass is 9.82. The highest BCUT2D eigenvalue weighted by Crippen LogP contribution is 2.40. The zero-order valence-electron chi connectivity index (χ0n) is 41.8. The first kappa shape index (κ1) is 48.5. The third-order valence-electron chi connectivity index (χ3n) is 17.3. The molecule has 6 saturated heterocycles. The number of phenolic OH excluding ortho intramolecular Hbond substituents is 1. The van der Waals surface area contributed by atoms with Crippen LogP contribution in [-0.4, -0.2) is 143 Å². The van der Waals surface area contributed by atoms with Crippen LogP contribution in [0.2, 0.25) is 0 Å². The highest BCUT2D eigenvalue weighted by Gasteiger charge is 2.40. The van der Waals surface area contributed by atoms with Gasteiger partial charge in [0.2, 0.25) is 11.8 Å².